The Labute approximate surface area is 123 Å². The van der Waals surface area contributed by atoms with Crippen LogP contribution in [0.15, 0.2) is 53.1 Å². The molecule has 0 radical (unpaired) electrons. The van der Waals surface area contributed by atoms with Crippen LogP contribution >= 0.6 is 15.9 Å². The fraction of sp³-hybridized carbons (Fsp3) is 0.312. The lowest BCUT2D eigenvalue weighted by Crippen LogP contribution is -2.17. The molecular weight excluding hydrogens is 300 g/mol. The molecule has 1 N–H and O–H groups in total. The second-order valence-corrected chi connectivity index (χ2v) is 5.54. The van der Waals surface area contributed by atoms with E-state index < -0.39 is 0 Å². The molecule has 2 aromatic rings. The molecule has 100 valence electrons. The van der Waals surface area contributed by atoms with Crippen molar-refractivity contribution >= 4 is 15.9 Å². The molecule has 0 bridgehead atoms. The van der Waals surface area contributed by atoms with E-state index >= 15 is 0 Å². The molecule has 0 aliphatic rings. The Bertz CT molecular complexity index is 499. The van der Waals surface area contributed by atoms with Crippen LogP contribution in [0.25, 0.3) is 0 Å². The van der Waals surface area contributed by atoms with Crippen LogP contribution < -0.4 is 5.32 Å². The first-order valence-corrected chi connectivity index (χ1v) is 7.42. The Kier molecular flexibility index (Phi) is 5.55. The summed E-state index contributed by atoms with van der Waals surface area (Å²) in [6.07, 6.45) is 1.14. The molecule has 0 amide bonds. The van der Waals surface area contributed by atoms with Crippen molar-refractivity contribution in [1.82, 2.24) is 10.3 Å². The molecule has 2 rings (SSSR count). The van der Waals surface area contributed by atoms with Gasteiger partial charge in [0.2, 0.25) is 0 Å². The Morgan fingerprint density at radius 1 is 1.11 bits per heavy atom. The molecule has 0 aliphatic carbocycles. The fourth-order valence-corrected chi connectivity index (χ4v) is 2.41. The predicted molar refractivity (Wildman–Crippen MR) is 83.1 cm³/mol. The predicted octanol–water partition coefficient (Wildman–Crippen LogP) is 4.13. The lowest BCUT2D eigenvalue weighted by Gasteiger charge is -2.12. The number of nitrogens with one attached hydrogen (secondary N) is 1. The number of nitrogens with zero attached hydrogens (tertiary/aromatic N) is 1. The van der Waals surface area contributed by atoms with Crippen molar-refractivity contribution in [2.75, 3.05) is 6.54 Å². The average molecular weight is 319 g/mol. The zero-order chi connectivity index (χ0) is 13.5. The van der Waals surface area contributed by atoms with Gasteiger partial charge in [-0.05, 0) is 52.5 Å². The molecule has 1 aromatic carbocycles. The van der Waals surface area contributed by atoms with Gasteiger partial charge in [-0.2, -0.15) is 0 Å². The number of rotatable bonds is 6. The summed E-state index contributed by atoms with van der Waals surface area (Å²) < 4.78 is 0.893. The van der Waals surface area contributed by atoms with Crippen LogP contribution in [0, 0.1) is 0 Å². The van der Waals surface area contributed by atoms with Gasteiger partial charge < -0.3 is 5.32 Å². The van der Waals surface area contributed by atoms with Crippen molar-refractivity contribution < 1.29 is 0 Å². The molecular formula is C16H19BrN2. The summed E-state index contributed by atoms with van der Waals surface area (Å²) in [5.41, 5.74) is 2.48. The largest absolute Gasteiger partial charge is 0.311 e. The molecule has 0 saturated heterocycles. The van der Waals surface area contributed by atoms with Crippen molar-refractivity contribution in [2.45, 2.75) is 25.8 Å². The number of hydrogen-bond donors (Lipinski definition) is 1. The van der Waals surface area contributed by atoms with Crippen molar-refractivity contribution in [1.29, 1.82) is 0 Å². The maximum absolute atomic E-state index is 4.40. The van der Waals surface area contributed by atoms with Crippen LogP contribution in [0.1, 0.15) is 30.5 Å². The van der Waals surface area contributed by atoms with Crippen molar-refractivity contribution in [3.05, 3.63) is 64.4 Å². The van der Waals surface area contributed by atoms with Gasteiger partial charge in [0.15, 0.2) is 0 Å². The first-order chi connectivity index (χ1) is 9.25. The SMILES string of the molecule is CC(CCNCc1cccc(Br)n1)c1ccccc1. The van der Waals surface area contributed by atoms with Crippen molar-refractivity contribution in [2.24, 2.45) is 0 Å². The average Bonchev–Trinajstić information content (AvgIpc) is 2.44. The van der Waals surface area contributed by atoms with E-state index in [1.807, 2.05) is 18.2 Å². The number of aromatic nitrogens is 1. The standard InChI is InChI=1S/C16H19BrN2/c1-13(14-6-3-2-4-7-14)10-11-18-12-15-8-5-9-16(17)19-15/h2-9,13,18H,10-12H2,1H3. The lowest BCUT2D eigenvalue weighted by atomic mass is 9.98. The molecule has 0 spiro atoms. The zero-order valence-electron chi connectivity index (χ0n) is 11.1. The van der Waals surface area contributed by atoms with Gasteiger partial charge in [-0.25, -0.2) is 4.98 Å². The summed E-state index contributed by atoms with van der Waals surface area (Å²) in [6.45, 7) is 4.10. The minimum atomic E-state index is 0.587. The number of halogens is 1. The van der Waals surface area contributed by atoms with E-state index in [1.54, 1.807) is 0 Å². The van der Waals surface area contributed by atoms with Gasteiger partial charge in [0.1, 0.15) is 4.60 Å². The molecule has 19 heavy (non-hydrogen) atoms. The van der Waals surface area contributed by atoms with E-state index in [4.69, 9.17) is 0 Å². The topological polar surface area (TPSA) is 24.9 Å². The van der Waals surface area contributed by atoms with Crippen LogP contribution in [0.2, 0.25) is 0 Å². The van der Waals surface area contributed by atoms with Gasteiger partial charge in [-0.3, -0.25) is 0 Å². The smallest absolute Gasteiger partial charge is 0.106 e. The third-order valence-corrected chi connectivity index (χ3v) is 3.64. The highest BCUT2D eigenvalue weighted by molar-refractivity contribution is 9.10. The van der Waals surface area contributed by atoms with Crippen LogP contribution in [0.5, 0.6) is 0 Å². The van der Waals surface area contributed by atoms with Gasteiger partial charge in [0.25, 0.3) is 0 Å². The Morgan fingerprint density at radius 3 is 2.63 bits per heavy atom. The summed E-state index contributed by atoms with van der Waals surface area (Å²) in [5, 5.41) is 3.45. The molecule has 1 unspecified atom stereocenters. The van der Waals surface area contributed by atoms with Gasteiger partial charge >= 0.3 is 0 Å². The highest BCUT2D eigenvalue weighted by Gasteiger charge is 2.04. The van der Waals surface area contributed by atoms with Crippen LogP contribution in [-0.4, -0.2) is 11.5 Å². The maximum Gasteiger partial charge on any atom is 0.106 e. The van der Waals surface area contributed by atoms with Gasteiger partial charge in [-0.1, -0.05) is 43.3 Å². The van der Waals surface area contributed by atoms with Crippen molar-refractivity contribution in [3.63, 3.8) is 0 Å². The zero-order valence-corrected chi connectivity index (χ0v) is 12.7. The van der Waals surface area contributed by atoms with E-state index in [0.29, 0.717) is 5.92 Å². The molecule has 2 nitrogen and oxygen atoms in total. The fourth-order valence-electron chi connectivity index (χ4n) is 2.03. The molecule has 0 fully saturated rings. The van der Waals surface area contributed by atoms with E-state index in [0.717, 1.165) is 29.8 Å². The number of benzene rings is 1. The highest BCUT2D eigenvalue weighted by atomic mass is 79.9. The number of pyridine rings is 1. The molecule has 0 saturated carbocycles. The minimum Gasteiger partial charge on any atom is -0.311 e. The van der Waals surface area contributed by atoms with E-state index in [2.05, 4.69) is 63.5 Å². The summed E-state index contributed by atoms with van der Waals surface area (Å²) in [5.74, 6) is 0.587. The summed E-state index contributed by atoms with van der Waals surface area (Å²) >= 11 is 3.39. The first-order valence-electron chi connectivity index (χ1n) is 6.63. The van der Waals surface area contributed by atoms with E-state index in [-0.39, 0.29) is 0 Å². The third kappa shape index (κ3) is 4.77. The van der Waals surface area contributed by atoms with Crippen LogP contribution in [-0.2, 0) is 6.54 Å². The summed E-state index contributed by atoms with van der Waals surface area (Å²) in [4.78, 5) is 4.40. The second-order valence-electron chi connectivity index (χ2n) is 4.73. The Balaban J connectivity index is 1.72. The number of hydrogen-bond acceptors (Lipinski definition) is 2. The van der Waals surface area contributed by atoms with E-state index in [1.165, 1.54) is 5.56 Å². The lowest BCUT2D eigenvalue weighted by molar-refractivity contribution is 0.589. The third-order valence-electron chi connectivity index (χ3n) is 3.20. The van der Waals surface area contributed by atoms with Crippen LogP contribution in [0.4, 0.5) is 0 Å². The summed E-state index contributed by atoms with van der Waals surface area (Å²) in [7, 11) is 0. The molecule has 0 aliphatic heterocycles. The maximum atomic E-state index is 4.40. The normalized spacial score (nSPS) is 12.3. The minimum absolute atomic E-state index is 0.587. The van der Waals surface area contributed by atoms with Gasteiger partial charge in [0, 0.05) is 6.54 Å². The summed E-state index contributed by atoms with van der Waals surface area (Å²) in [6, 6.07) is 16.7. The van der Waals surface area contributed by atoms with Crippen LogP contribution in [0.3, 0.4) is 0 Å². The highest BCUT2D eigenvalue weighted by Crippen LogP contribution is 2.17. The first kappa shape index (κ1) is 14.2. The second kappa shape index (κ2) is 7.41. The Morgan fingerprint density at radius 2 is 1.89 bits per heavy atom. The quantitative estimate of drug-likeness (QED) is 0.640. The monoisotopic (exact) mass is 318 g/mol. The molecule has 1 aromatic heterocycles. The molecule has 1 atom stereocenters. The van der Waals surface area contributed by atoms with Crippen molar-refractivity contribution in [3.8, 4) is 0 Å². The Hall–Kier alpha value is -1.19. The van der Waals surface area contributed by atoms with Gasteiger partial charge in [0.05, 0.1) is 5.69 Å². The van der Waals surface area contributed by atoms with E-state index in [9.17, 15) is 0 Å². The molecule has 1 heterocycles. The molecule has 3 heteroatoms. The van der Waals surface area contributed by atoms with Gasteiger partial charge in [-0.15, -0.1) is 0 Å².